The van der Waals surface area contributed by atoms with Crippen LogP contribution in [0.5, 0.6) is 0 Å². The fourth-order valence-corrected chi connectivity index (χ4v) is 1.81. The van der Waals surface area contributed by atoms with E-state index < -0.39 is 5.82 Å². The molecule has 1 N–H and O–H groups in total. The summed E-state index contributed by atoms with van der Waals surface area (Å²) >= 11 is 5.76. The van der Waals surface area contributed by atoms with Crippen LogP contribution in [0.25, 0.3) is 0 Å². The highest BCUT2D eigenvalue weighted by Gasteiger charge is 2.09. The molecule has 2 rings (SSSR count). The lowest BCUT2D eigenvalue weighted by Crippen LogP contribution is -2.08. The molecular formula is C13H13ClFN3. The Labute approximate surface area is 110 Å². The van der Waals surface area contributed by atoms with Crippen LogP contribution >= 0.6 is 11.6 Å². The number of benzene rings is 1. The quantitative estimate of drug-likeness (QED) is 0.918. The van der Waals surface area contributed by atoms with E-state index in [9.17, 15) is 4.39 Å². The van der Waals surface area contributed by atoms with E-state index in [1.165, 1.54) is 12.4 Å². The van der Waals surface area contributed by atoms with Crippen molar-refractivity contribution < 1.29 is 4.39 Å². The van der Waals surface area contributed by atoms with E-state index >= 15 is 0 Å². The van der Waals surface area contributed by atoms with Crippen LogP contribution in [-0.4, -0.2) is 9.97 Å². The van der Waals surface area contributed by atoms with Gasteiger partial charge in [-0.1, -0.05) is 17.7 Å². The van der Waals surface area contributed by atoms with E-state index in [0.29, 0.717) is 0 Å². The molecule has 1 atom stereocenters. The van der Waals surface area contributed by atoms with Crippen LogP contribution in [0.3, 0.4) is 0 Å². The van der Waals surface area contributed by atoms with Crippen LogP contribution < -0.4 is 5.32 Å². The predicted molar refractivity (Wildman–Crippen MR) is 70.2 cm³/mol. The Balaban J connectivity index is 2.16. The average molecular weight is 266 g/mol. The first-order valence-electron chi connectivity index (χ1n) is 5.56. The molecule has 0 aliphatic carbocycles. The van der Waals surface area contributed by atoms with Gasteiger partial charge in [0, 0.05) is 17.8 Å². The zero-order valence-electron chi connectivity index (χ0n) is 10.1. The van der Waals surface area contributed by atoms with Gasteiger partial charge in [-0.2, -0.15) is 0 Å². The van der Waals surface area contributed by atoms with Gasteiger partial charge < -0.3 is 5.32 Å². The monoisotopic (exact) mass is 265 g/mol. The number of aryl methyl sites for hydroxylation is 1. The van der Waals surface area contributed by atoms with Crippen molar-refractivity contribution in [1.29, 1.82) is 0 Å². The molecular weight excluding hydrogens is 253 g/mol. The van der Waals surface area contributed by atoms with Crippen molar-refractivity contribution in [3.05, 3.63) is 52.7 Å². The van der Waals surface area contributed by atoms with Gasteiger partial charge in [0.2, 0.25) is 0 Å². The summed E-state index contributed by atoms with van der Waals surface area (Å²) in [6, 6.07) is 6.51. The summed E-state index contributed by atoms with van der Waals surface area (Å²) in [5.41, 5.74) is 1.79. The van der Waals surface area contributed by atoms with Gasteiger partial charge in [-0.05, 0) is 31.5 Å². The van der Waals surface area contributed by atoms with Gasteiger partial charge in [0.1, 0.15) is 18.0 Å². The molecule has 0 bridgehead atoms. The van der Waals surface area contributed by atoms with Crippen LogP contribution in [-0.2, 0) is 0 Å². The summed E-state index contributed by atoms with van der Waals surface area (Å²) < 4.78 is 13.1. The smallest absolute Gasteiger partial charge is 0.141 e. The Morgan fingerprint density at radius 1 is 1.28 bits per heavy atom. The molecule has 0 saturated carbocycles. The Bertz CT molecular complexity index is 560. The molecule has 1 aromatic carbocycles. The highest BCUT2D eigenvalue weighted by atomic mass is 35.5. The van der Waals surface area contributed by atoms with Gasteiger partial charge in [0.05, 0.1) is 5.02 Å². The number of halogens is 2. The van der Waals surface area contributed by atoms with Crippen molar-refractivity contribution in [3.8, 4) is 0 Å². The van der Waals surface area contributed by atoms with Crippen molar-refractivity contribution in [2.45, 2.75) is 19.9 Å². The van der Waals surface area contributed by atoms with Crippen LogP contribution in [0.15, 0.2) is 30.6 Å². The maximum atomic E-state index is 13.1. The molecule has 1 aromatic heterocycles. The first-order chi connectivity index (χ1) is 8.56. The largest absolute Gasteiger partial charge is 0.363 e. The maximum Gasteiger partial charge on any atom is 0.141 e. The summed E-state index contributed by atoms with van der Waals surface area (Å²) in [7, 11) is 0. The molecule has 0 radical (unpaired) electrons. The fourth-order valence-electron chi connectivity index (χ4n) is 1.62. The van der Waals surface area contributed by atoms with Crippen LogP contribution in [0.4, 0.5) is 10.2 Å². The minimum absolute atomic E-state index is 0.0163. The topological polar surface area (TPSA) is 37.8 Å². The molecule has 0 amide bonds. The molecule has 18 heavy (non-hydrogen) atoms. The molecule has 1 heterocycles. The summed E-state index contributed by atoms with van der Waals surface area (Å²) in [5, 5.41) is 3.34. The summed E-state index contributed by atoms with van der Waals surface area (Å²) in [6.45, 7) is 3.85. The number of aromatic nitrogens is 2. The van der Waals surface area contributed by atoms with E-state index in [1.54, 1.807) is 12.1 Å². The molecule has 5 heteroatoms. The SMILES string of the molecule is Cc1cc(NC(C)c2ccc(F)c(Cl)c2)ncn1. The standard InChI is InChI=1S/C13H13ClFN3/c1-8-5-13(17-7-16-8)18-9(2)10-3-4-12(15)11(14)6-10/h3-7,9H,1-2H3,(H,16,17,18). The van der Waals surface area contributed by atoms with Crippen molar-refractivity contribution in [3.63, 3.8) is 0 Å². The highest BCUT2D eigenvalue weighted by Crippen LogP contribution is 2.23. The zero-order valence-corrected chi connectivity index (χ0v) is 10.9. The zero-order chi connectivity index (χ0) is 13.1. The van der Waals surface area contributed by atoms with E-state index in [1.807, 2.05) is 19.9 Å². The Morgan fingerprint density at radius 2 is 2.06 bits per heavy atom. The minimum atomic E-state index is -0.412. The molecule has 0 saturated heterocycles. The number of hydrogen-bond acceptors (Lipinski definition) is 3. The molecule has 0 aliphatic rings. The second-order valence-electron chi connectivity index (χ2n) is 4.08. The number of nitrogens with zero attached hydrogens (tertiary/aromatic N) is 2. The van der Waals surface area contributed by atoms with Gasteiger partial charge in [-0.25, -0.2) is 14.4 Å². The van der Waals surface area contributed by atoms with Crippen molar-refractivity contribution in [2.75, 3.05) is 5.32 Å². The van der Waals surface area contributed by atoms with Gasteiger partial charge in [0.25, 0.3) is 0 Å². The molecule has 94 valence electrons. The van der Waals surface area contributed by atoms with Crippen molar-refractivity contribution in [1.82, 2.24) is 9.97 Å². The Morgan fingerprint density at radius 3 is 2.72 bits per heavy atom. The van der Waals surface area contributed by atoms with Crippen molar-refractivity contribution in [2.24, 2.45) is 0 Å². The van der Waals surface area contributed by atoms with Crippen LogP contribution in [0.1, 0.15) is 24.2 Å². The van der Waals surface area contributed by atoms with Gasteiger partial charge >= 0.3 is 0 Å². The lowest BCUT2D eigenvalue weighted by molar-refractivity contribution is 0.627. The average Bonchev–Trinajstić information content (AvgIpc) is 2.32. The second kappa shape index (κ2) is 5.31. The highest BCUT2D eigenvalue weighted by molar-refractivity contribution is 6.30. The number of hydrogen-bond donors (Lipinski definition) is 1. The first-order valence-corrected chi connectivity index (χ1v) is 5.94. The maximum absolute atomic E-state index is 13.1. The van der Waals surface area contributed by atoms with Crippen LogP contribution in [0, 0.1) is 12.7 Å². The molecule has 0 spiro atoms. The number of rotatable bonds is 3. The summed E-state index contributed by atoms with van der Waals surface area (Å²) in [5.74, 6) is 0.320. The molecule has 0 fully saturated rings. The van der Waals surface area contributed by atoms with Gasteiger partial charge in [0.15, 0.2) is 0 Å². The fraction of sp³-hybridized carbons (Fsp3) is 0.231. The first kappa shape index (κ1) is 12.8. The third-order valence-corrected chi connectivity index (χ3v) is 2.90. The third kappa shape index (κ3) is 2.96. The number of anilines is 1. The van der Waals surface area contributed by atoms with Crippen molar-refractivity contribution >= 4 is 17.4 Å². The Kier molecular flexibility index (Phi) is 3.77. The van der Waals surface area contributed by atoms with E-state index in [4.69, 9.17) is 11.6 Å². The van der Waals surface area contributed by atoms with E-state index in [0.717, 1.165) is 17.1 Å². The molecule has 2 aromatic rings. The number of nitrogens with one attached hydrogen (secondary N) is 1. The lowest BCUT2D eigenvalue weighted by Gasteiger charge is -2.15. The molecule has 3 nitrogen and oxygen atoms in total. The normalized spacial score (nSPS) is 12.2. The second-order valence-corrected chi connectivity index (χ2v) is 4.49. The van der Waals surface area contributed by atoms with Gasteiger partial charge in [-0.15, -0.1) is 0 Å². The van der Waals surface area contributed by atoms with Crippen LogP contribution in [0.2, 0.25) is 5.02 Å². The van der Waals surface area contributed by atoms with E-state index in [2.05, 4.69) is 15.3 Å². The third-order valence-electron chi connectivity index (χ3n) is 2.61. The predicted octanol–water partition coefficient (Wildman–Crippen LogP) is 3.75. The molecule has 0 aliphatic heterocycles. The summed E-state index contributed by atoms with van der Waals surface area (Å²) in [4.78, 5) is 8.14. The lowest BCUT2D eigenvalue weighted by atomic mass is 10.1. The molecule has 1 unspecified atom stereocenters. The van der Waals surface area contributed by atoms with E-state index in [-0.39, 0.29) is 11.1 Å². The Hall–Kier alpha value is -1.68. The minimum Gasteiger partial charge on any atom is -0.363 e. The summed E-state index contributed by atoms with van der Waals surface area (Å²) in [6.07, 6.45) is 1.50. The van der Waals surface area contributed by atoms with Gasteiger partial charge in [-0.3, -0.25) is 0 Å².